The van der Waals surface area contributed by atoms with Crippen molar-refractivity contribution in [3.8, 4) is 0 Å². The second-order valence-corrected chi connectivity index (χ2v) is 9.02. The van der Waals surface area contributed by atoms with Gasteiger partial charge in [0, 0.05) is 6.04 Å². The molecule has 5 nitrogen and oxygen atoms in total. The predicted molar refractivity (Wildman–Crippen MR) is 138 cm³/mol. The minimum atomic E-state index is -0.168. The first kappa shape index (κ1) is 23.4. The van der Waals surface area contributed by atoms with E-state index in [1.165, 1.54) is 11.1 Å². The molecule has 34 heavy (non-hydrogen) atoms. The van der Waals surface area contributed by atoms with Gasteiger partial charge in [-0.2, -0.15) is 0 Å². The highest BCUT2D eigenvalue weighted by atomic mass is 16.2. The summed E-state index contributed by atoms with van der Waals surface area (Å²) in [5.74, 6) is -0.297. The standard InChI is InChI=1S/C29H31N3O2/c1-20-13-16-24(21(2)17-20)26-18-29(34)32(27-12-8-7-11-25(27)31-26)19-28(33)30-22(3)14-15-23-9-5-4-6-10-23/h4-13,16-17,22H,14-15,18-19H2,1-3H3,(H,30,33)/t22-/m0/s1. The van der Waals surface area contributed by atoms with Crippen molar-refractivity contribution in [1.29, 1.82) is 0 Å². The highest BCUT2D eigenvalue weighted by Crippen LogP contribution is 2.33. The number of nitrogens with one attached hydrogen (secondary N) is 1. The lowest BCUT2D eigenvalue weighted by Crippen LogP contribution is -2.44. The van der Waals surface area contributed by atoms with Crippen LogP contribution in [0.3, 0.4) is 0 Å². The van der Waals surface area contributed by atoms with Crippen LogP contribution < -0.4 is 10.2 Å². The first-order valence-electron chi connectivity index (χ1n) is 11.8. The van der Waals surface area contributed by atoms with Gasteiger partial charge in [-0.25, -0.2) is 0 Å². The number of amides is 2. The lowest BCUT2D eigenvalue weighted by molar-refractivity contribution is -0.123. The van der Waals surface area contributed by atoms with Crippen LogP contribution in [-0.4, -0.2) is 30.1 Å². The van der Waals surface area contributed by atoms with Crippen LogP contribution in [0.2, 0.25) is 0 Å². The zero-order valence-corrected chi connectivity index (χ0v) is 20.0. The summed E-state index contributed by atoms with van der Waals surface area (Å²) in [5, 5.41) is 3.06. The average molecular weight is 454 g/mol. The number of hydrogen-bond donors (Lipinski definition) is 1. The summed E-state index contributed by atoms with van der Waals surface area (Å²) >= 11 is 0. The van der Waals surface area contributed by atoms with E-state index in [0.29, 0.717) is 11.4 Å². The van der Waals surface area contributed by atoms with Crippen LogP contribution in [-0.2, 0) is 16.0 Å². The molecule has 0 radical (unpaired) electrons. The molecule has 174 valence electrons. The van der Waals surface area contributed by atoms with Gasteiger partial charge in [-0.1, -0.05) is 66.2 Å². The molecule has 5 heteroatoms. The van der Waals surface area contributed by atoms with Gasteiger partial charge in [0.25, 0.3) is 0 Å². The maximum absolute atomic E-state index is 13.3. The Balaban J connectivity index is 1.48. The quantitative estimate of drug-likeness (QED) is 0.528. The van der Waals surface area contributed by atoms with Crippen molar-refractivity contribution in [3.05, 3.63) is 95.1 Å². The molecule has 1 heterocycles. The Hall–Kier alpha value is -3.73. The highest BCUT2D eigenvalue weighted by molar-refractivity contribution is 6.19. The van der Waals surface area contributed by atoms with Crippen molar-refractivity contribution >= 4 is 28.9 Å². The molecule has 3 aromatic rings. The molecule has 0 fully saturated rings. The average Bonchev–Trinajstić information content (AvgIpc) is 2.95. The second-order valence-electron chi connectivity index (χ2n) is 9.02. The molecular formula is C29H31N3O2. The Kier molecular flexibility index (Phi) is 7.21. The number of carbonyl (C=O) groups excluding carboxylic acids is 2. The van der Waals surface area contributed by atoms with Crippen LogP contribution >= 0.6 is 0 Å². The zero-order valence-electron chi connectivity index (χ0n) is 20.0. The van der Waals surface area contributed by atoms with E-state index in [0.717, 1.165) is 29.7 Å². The van der Waals surface area contributed by atoms with Crippen molar-refractivity contribution in [1.82, 2.24) is 5.32 Å². The van der Waals surface area contributed by atoms with Gasteiger partial charge < -0.3 is 10.2 Å². The summed E-state index contributed by atoms with van der Waals surface area (Å²) in [6, 6.07) is 23.9. The first-order chi connectivity index (χ1) is 16.4. The van der Waals surface area contributed by atoms with Crippen LogP contribution in [0.4, 0.5) is 11.4 Å². The van der Waals surface area contributed by atoms with Crippen molar-refractivity contribution in [2.75, 3.05) is 11.4 Å². The topological polar surface area (TPSA) is 61.8 Å². The summed E-state index contributed by atoms with van der Waals surface area (Å²) in [5.41, 5.74) is 6.57. The minimum absolute atomic E-state index is 0.00653. The van der Waals surface area contributed by atoms with Gasteiger partial charge in [-0.3, -0.25) is 14.6 Å². The number of anilines is 1. The van der Waals surface area contributed by atoms with Crippen molar-refractivity contribution in [2.24, 2.45) is 4.99 Å². The number of carbonyl (C=O) groups is 2. The number of fused-ring (bicyclic) bond motifs is 1. The molecule has 0 spiro atoms. The van der Waals surface area contributed by atoms with E-state index >= 15 is 0 Å². The van der Waals surface area contributed by atoms with E-state index in [2.05, 4.69) is 23.5 Å². The SMILES string of the molecule is Cc1ccc(C2=Nc3ccccc3N(CC(=O)N[C@@H](C)CCc3ccccc3)C(=O)C2)c(C)c1. The smallest absolute Gasteiger partial charge is 0.240 e. The maximum atomic E-state index is 13.3. The Morgan fingerprint density at radius 3 is 2.53 bits per heavy atom. The fourth-order valence-electron chi connectivity index (χ4n) is 4.38. The third-order valence-electron chi connectivity index (χ3n) is 6.16. The van der Waals surface area contributed by atoms with Crippen LogP contribution in [0.5, 0.6) is 0 Å². The molecule has 1 N–H and O–H groups in total. The van der Waals surface area contributed by atoms with E-state index in [1.54, 1.807) is 4.90 Å². The first-order valence-corrected chi connectivity index (χ1v) is 11.8. The van der Waals surface area contributed by atoms with Crippen LogP contribution in [0, 0.1) is 13.8 Å². The number of aliphatic imine (C=N–C) groups is 1. The number of hydrogen-bond acceptors (Lipinski definition) is 3. The van der Waals surface area contributed by atoms with Crippen molar-refractivity contribution in [2.45, 2.75) is 46.1 Å². The van der Waals surface area contributed by atoms with Gasteiger partial charge in [0.2, 0.25) is 11.8 Å². The number of para-hydroxylation sites is 2. The third-order valence-corrected chi connectivity index (χ3v) is 6.16. The summed E-state index contributed by atoms with van der Waals surface area (Å²) in [4.78, 5) is 32.7. The second kappa shape index (κ2) is 10.5. The van der Waals surface area contributed by atoms with E-state index in [9.17, 15) is 9.59 Å². The van der Waals surface area contributed by atoms with Crippen LogP contribution in [0.25, 0.3) is 0 Å². The van der Waals surface area contributed by atoms with Gasteiger partial charge in [-0.15, -0.1) is 0 Å². The Bertz CT molecular complexity index is 1220. The Morgan fingerprint density at radius 1 is 1.03 bits per heavy atom. The van der Waals surface area contributed by atoms with Gasteiger partial charge in [0.05, 0.1) is 23.5 Å². The molecule has 4 rings (SSSR count). The number of rotatable bonds is 7. The molecule has 2 amide bonds. The lowest BCUT2D eigenvalue weighted by Gasteiger charge is -2.23. The monoisotopic (exact) mass is 453 g/mol. The lowest BCUT2D eigenvalue weighted by atomic mass is 9.99. The van der Waals surface area contributed by atoms with Crippen LogP contribution in [0.15, 0.2) is 77.8 Å². The molecule has 0 saturated heterocycles. The third kappa shape index (κ3) is 5.60. The molecule has 1 aliphatic rings. The summed E-state index contributed by atoms with van der Waals surface area (Å²) in [6.45, 7) is 6.06. The number of benzene rings is 3. The van der Waals surface area contributed by atoms with E-state index in [4.69, 9.17) is 4.99 Å². The van der Waals surface area contributed by atoms with E-state index < -0.39 is 0 Å². The fraction of sp³-hybridized carbons (Fsp3) is 0.276. The molecule has 3 aromatic carbocycles. The maximum Gasteiger partial charge on any atom is 0.240 e. The van der Waals surface area contributed by atoms with Crippen LogP contribution in [0.1, 0.15) is 42.0 Å². The largest absolute Gasteiger partial charge is 0.352 e. The molecule has 0 bridgehead atoms. The fourth-order valence-corrected chi connectivity index (χ4v) is 4.38. The molecule has 0 saturated carbocycles. The van der Waals surface area contributed by atoms with Gasteiger partial charge in [0.15, 0.2) is 0 Å². The Morgan fingerprint density at radius 2 is 1.76 bits per heavy atom. The molecular weight excluding hydrogens is 422 g/mol. The van der Waals surface area contributed by atoms with Crippen molar-refractivity contribution in [3.63, 3.8) is 0 Å². The summed E-state index contributed by atoms with van der Waals surface area (Å²) in [6.07, 6.45) is 1.87. The van der Waals surface area contributed by atoms with Crippen molar-refractivity contribution < 1.29 is 9.59 Å². The molecule has 0 aromatic heterocycles. The van der Waals surface area contributed by atoms with Gasteiger partial charge in [0.1, 0.15) is 6.54 Å². The normalized spacial score (nSPS) is 14.1. The van der Waals surface area contributed by atoms with Gasteiger partial charge >= 0.3 is 0 Å². The highest BCUT2D eigenvalue weighted by Gasteiger charge is 2.27. The summed E-state index contributed by atoms with van der Waals surface area (Å²) in [7, 11) is 0. The molecule has 0 unspecified atom stereocenters. The predicted octanol–water partition coefficient (Wildman–Crippen LogP) is 5.30. The minimum Gasteiger partial charge on any atom is -0.352 e. The molecule has 1 aliphatic heterocycles. The number of nitrogens with zero attached hydrogens (tertiary/aromatic N) is 2. The molecule has 0 aliphatic carbocycles. The Labute approximate surface area is 201 Å². The van der Waals surface area contributed by atoms with E-state index in [1.807, 2.05) is 75.4 Å². The summed E-state index contributed by atoms with van der Waals surface area (Å²) < 4.78 is 0. The zero-order chi connectivity index (χ0) is 24.1. The molecule has 1 atom stereocenters. The van der Waals surface area contributed by atoms with Gasteiger partial charge in [-0.05, 0) is 62.4 Å². The van der Waals surface area contributed by atoms with E-state index in [-0.39, 0.29) is 30.8 Å². The number of aryl methyl sites for hydroxylation is 3.